The van der Waals surface area contributed by atoms with Crippen LogP contribution in [0.25, 0.3) is 0 Å². The minimum Gasteiger partial charge on any atom is -0.493 e. The second kappa shape index (κ2) is 7.98. The number of esters is 1. The molecular formula is C31H37N2O5+. The quantitative estimate of drug-likeness (QED) is 0.349. The Hall–Kier alpha value is -3.06. The van der Waals surface area contributed by atoms with Crippen LogP contribution in [0.15, 0.2) is 42.5 Å². The van der Waals surface area contributed by atoms with Crippen molar-refractivity contribution in [2.75, 3.05) is 46.3 Å². The van der Waals surface area contributed by atoms with E-state index in [1.807, 2.05) is 18.2 Å². The summed E-state index contributed by atoms with van der Waals surface area (Å²) in [6.07, 6.45) is 6.10. The number of quaternary nitrogens is 1. The highest BCUT2D eigenvalue weighted by atomic mass is 16.5. The molecule has 3 spiro atoms. The smallest absolute Gasteiger partial charge is 0.311 e. The van der Waals surface area contributed by atoms with Gasteiger partial charge in [-0.1, -0.05) is 18.2 Å². The molecule has 2 bridgehead atoms. The van der Waals surface area contributed by atoms with Crippen LogP contribution in [-0.2, 0) is 14.9 Å². The van der Waals surface area contributed by atoms with Gasteiger partial charge in [0.1, 0.15) is 12.6 Å². The molecule has 3 aliphatic carbocycles. The second-order valence-corrected chi connectivity index (χ2v) is 12.3. The Kier molecular flexibility index (Phi) is 5.04. The number of carbonyl (C=O) groups excluding carboxylic acids is 2. The summed E-state index contributed by atoms with van der Waals surface area (Å²) in [6, 6.07) is 14.5. The maximum absolute atomic E-state index is 14.0. The van der Waals surface area contributed by atoms with E-state index in [0.717, 1.165) is 61.8 Å². The molecule has 38 heavy (non-hydrogen) atoms. The molecule has 2 saturated heterocycles. The largest absolute Gasteiger partial charge is 0.493 e. The van der Waals surface area contributed by atoms with Crippen molar-refractivity contribution >= 4 is 17.4 Å². The Morgan fingerprint density at radius 3 is 2.58 bits per heavy atom. The molecule has 2 aromatic rings. The van der Waals surface area contributed by atoms with E-state index in [1.165, 1.54) is 12.7 Å². The van der Waals surface area contributed by atoms with Crippen molar-refractivity contribution in [1.82, 2.24) is 0 Å². The Morgan fingerprint density at radius 2 is 1.79 bits per heavy atom. The number of ether oxygens (including phenoxy) is 3. The topological polar surface area (TPSA) is 73.9 Å². The fourth-order valence-electron chi connectivity index (χ4n) is 10.2. The van der Waals surface area contributed by atoms with E-state index in [9.17, 15) is 9.59 Å². The van der Waals surface area contributed by atoms with Gasteiger partial charge in [0.15, 0.2) is 11.5 Å². The summed E-state index contributed by atoms with van der Waals surface area (Å²) in [4.78, 5) is 27.4. The first-order valence-electron chi connectivity index (χ1n) is 14.0. The molecule has 3 aliphatic heterocycles. The summed E-state index contributed by atoms with van der Waals surface area (Å²) in [6.45, 7) is 2.44. The molecule has 0 amide bonds. The lowest BCUT2D eigenvalue weighted by molar-refractivity contribution is -0.949. The van der Waals surface area contributed by atoms with Crippen molar-refractivity contribution in [1.29, 1.82) is 0 Å². The maximum atomic E-state index is 14.0. The number of nitrogens with zero attached hydrogens (tertiary/aromatic N) is 1. The van der Waals surface area contributed by atoms with E-state index in [0.29, 0.717) is 29.6 Å². The minimum atomic E-state index is -0.361. The van der Waals surface area contributed by atoms with E-state index < -0.39 is 0 Å². The zero-order valence-corrected chi connectivity index (χ0v) is 22.5. The fraction of sp³-hybridized carbons (Fsp3) is 0.548. The van der Waals surface area contributed by atoms with Gasteiger partial charge in [-0.3, -0.25) is 9.59 Å². The Balaban J connectivity index is 1.36. The number of hydrogen-bond donors (Lipinski definition) is 1. The number of hydrogen-bond acceptors (Lipinski definition) is 6. The molecule has 7 heteroatoms. The average Bonchev–Trinajstić information content (AvgIpc) is 3.46. The number of carbonyl (C=O) groups is 2. The van der Waals surface area contributed by atoms with Gasteiger partial charge in [0.05, 0.1) is 51.3 Å². The first kappa shape index (κ1) is 24.0. The van der Waals surface area contributed by atoms with E-state index in [1.54, 1.807) is 14.2 Å². The predicted octanol–water partition coefficient (Wildman–Crippen LogP) is 4.34. The van der Waals surface area contributed by atoms with Crippen LogP contribution in [0.2, 0.25) is 0 Å². The molecule has 5 fully saturated rings. The van der Waals surface area contributed by atoms with E-state index in [2.05, 4.69) is 29.6 Å². The van der Waals surface area contributed by atoms with Crippen LogP contribution in [-0.4, -0.2) is 68.8 Å². The summed E-state index contributed by atoms with van der Waals surface area (Å²) < 4.78 is 17.2. The monoisotopic (exact) mass is 517 g/mol. The van der Waals surface area contributed by atoms with E-state index in [-0.39, 0.29) is 34.0 Å². The summed E-state index contributed by atoms with van der Waals surface area (Å²) in [5.74, 6) is 1.10. The summed E-state index contributed by atoms with van der Waals surface area (Å²) in [5.41, 5.74) is 2.67. The van der Waals surface area contributed by atoms with Gasteiger partial charge < -0.3 is 24.0 Å². The second-order valence-electron chi connectivity index (χ2n) is 12.3. The maximum Gasteiger partial charge on any atom is 0.311 e. The zero-order chi connectivity index (χ0) is 26.3. The molecule has 0 aromatic heterocycles. The Labute approximate surface area is 224 Å². The standard InChI is InChI=1S/C31H37N2O5/c1-36-25-10-9-20(17-26(25)37-2)24(34)19-33-15-6-11-29-12-13-31(22(18-29)27(35)38-3)30(14-16-33,28(29)33)21-7-4-5-8-23(21)32-31/h4-5,7-10,17,22,28,32H,6,11-16,18-19H2,1-3H3/q+1/t22-,28-,29+,30+,31+,33+/m0/s1. The van der Waals surface area contributed by atoms with Gasteiger partial charge in [0.25, 0.3) is 0 Å². The molecule has 3 saturated carbocycles. The third kappa shape index (κ3) is 2.73. The lowest BCUT2D eigenvalue weighted by Crippen LogP contribution is -2.80. The van der Waals surface area contributed by atoms with Gasteiger partial charge in [-0.25, -0.2) is 0 Å². The predicted molar refractivity (Wildman–Crippen MR) is 143 cm³/mol. The van der Waals surface area contributed by atoms with Gasteiger partial charge in [0.2, 0.25) is 5.78 Å². The number of para-hydroxylation sites is 1. The highest BCUT2D eigenvalue weighted by Gasteiger charge is 2.83. The van der Waals surface area contributed by atoms with Crippen LogP contribution in [0.1, 0.15) is 54.4 Å². The zero-order valence-electron chi connectivity index (χ0n) is 22.5. The Bertz CT molecular complexity index is 1340. The number of ketones is 1. The van der Waals surface area contributed by atoms with Crippen molar-refractivity contribution in [2.24, 2.45) is 11.3 Å². The van der Waals surface area contributed by atoms with Crippen LogP contribution >= 0.6 is 0 Å². The highest BCUT2D eigenvalue weighted by molar-refractivity contribution is 5.97. The van der Waals surface area contributed by atoms with Crippen LogP contribution in [0, 0.1) is 11.3 Å². The number of benzene rings is 2. The number of rotatable bonds is 6. The molecule has 6 aliphatic rings. The number of fused-ring (bicyclic) bond motifs is 3. The van der Waals surface area contributed by atoms with Crippen LogP contribution in [0.4, 0.5) is 5.69 Å². The number of piperidine rings is 1. The molecule has 2 aromatic carbocycles. The van der Waals surface area contributed by atoms with Crippen molar-refractivity contribution in [3.63, 3.8) is 0 Å². The van der Waals surface area contributed by atoms with Gasteiger partial charge in [-0.05, 0) is 61.9 Å². The molecule has 0 unspecified atom stereocenters. The van der Waals surface area contributed by atoms with Crippen LogP contribution in [0.5, 0.6) is 11.5 Å². The average molecular weight is 518 g/mol. The normalized spacial score (nSPS) is 37.4. The summed E-state index contributed by atoms with van der Waals surface area (Å²) >= 11 is 0. The van der Waals surface area contributed by atoms with Crippen molar-refractivity contribution < 1.29 is 28.3 Å². The first-order chi connectivity index (χ1) is 18.4. The van der Waals surface area contributed by atoms with Crippen molar-refractivity contribution in [3.05, 3.63) is 53.6 Å². The van der Waals surface area contributed by atoms with Gasteiger partial charge in [-0.2, -0.15) is 0 Å². The molecule has 7 nitrogen and oxygen atoms in total. The molecular weight excluding hydrogens is 480 g/mol. The van der Waals surface area contributed by atoms with Crippen molar-refractivity contribution in [3.8, 4) is 11.5 Å². The summed E-state index contributed by atoms with van der Waals surface area (Å²) in [7, 11) is 4.74. The lowest BCUT2D eigenvalue weighted by atomic mass is 9.38. The number of methoxy groups -OCH3 is 3. The van der Waals surface area contributed by atoms with Crippen LogP contribution in [0.3, 0.4) is 0 Å². The molecule has 6 atom stereocenters. The van der Waals surface area contributed by atoms with Gasteiger partial charge in [-0.15, -0.1) is 0 Å². The number of Topliss-reactive ketones (excluding diaryl/α,β-unsaturated/α-hetero) is 1. The lowest BCUT2D eigenvalue weighted by Gasteiger charge is -2.69. The van der Waals surface area contributed by atoms with Crippen LogP contribution < -0.4 is 14.8 Å². The van der Waals surface area contributed by atoms with E-state index >= 15 is 0 Å². The summed E-state index contributed by atoms with van der Waals surface area (Å²) in [5, 5.41) is 3.95. The minimum absolute atomic E-state index is 0.0341. The first-order valence-corrected chi connectivity index (χ1v) is 14.0. The number of nitrogens with one attached hydrogen (secondary N) is 1. The van der Waals surface area contributed by atoms with Gasteiger partial charge in [0, 0.05) is 23.1 Å². The molecule has 1 N–H and O–H groups in total. The molecule has 8 rings (SSSR count). The molecule has 0 radical (unpaired) electrons. The Morgan fingerprint density at radius 1 is 0.974 bits per heavy atom. The molecule has 3 heterocycles. The SMILES string of the molecule is COC(=O)[C@@H]1C[C@@]23CCC[N@+]4(CC(=O)c5ccc(OC)c(OC)c5)CC[C@@]5(c6ccccc6N[C@]15CC2)[C@H]34. The van der Waals surface area contributed by atoms with E-state index in [4.69, 9.17) is 14.2 Å². The fourth-order valence-corrected chi connectivity index (χ4v) is 10.2. The third-order valence-electron chi connectivity index (χ3n) is 11.3. The van der Waals surface area contributed by atoms with Crippen molar-refractivity contribution in [2.45, 2.75) is 55.5 Å². The molecule has 200 valence electrons. The third-order valence-corrected chi connectivity index (χ3v) is 11.3. The highest BCUT2D eigenvalue weighted by Crippen LogP contribution is 2.75. The van der Waals surface area contributed by atoms with Gasteiger partial charge >= 0.3 is 5.97 Å². The number of anilines is 1.